The van der Waals surface area contributed by atoms with Crippen molar-refractivity contribution in [2.75, 3.05) is 30.3 Å². The molecule has 0 unspecified atom stereocenters. The van der Waals surface area contributed by atoms with Crippen molar-refractivity contribution in [1.82, 2.24) is 4.72 Å². The number of nitrogens with zero attached hydrogens (tertiary/aromatic N) is 1. The maximum Gasteiger partial charge on any atom is 0.211 e. The zero-order valence-corrected chi connectivity index (χ0v) is 15.3. The quantitative estimate of drug-likeness (QED) is 0.789. The number of benzene rings is 2. The predicted molar refractivity (Wildman–Crippen MR) is 104 cm³/mol. The Balaban J connectivity index is 1.43. The van der Waals surface area contributed by atoms with Gasteiger partial charge in [0.1, 0.15) is 0 Å². The van der Waals surface area contributed by atoms with Crippen molar-refractivity contribution in [3.63, 3.8) is 0 Å². The van der Waals surface area contributed by atoms with Crippen LogP contribution in [0.4, 0.5) is 5.69 Å². The third kappa shape index (κ3) is 5.58. The molecule has 1 aliphatic rings. The van der Waals surface area contributed by atoms with E-state index in [9.17, 15) is 8.42 Å². The molecule has 0 aromatic heterocycles. The summed E-state index contributed by atoms with van der Waals surface area (Å²) >= 11 is 0. The summed E-state index contributed by atoms with van der Waals surface area (Å²) in [6.07, 6.45) is 3.80. The second kappa shape index (κ2) is 8.50. The Morgan fingerprint density at radius 3 is 2.16 bits per heavy atom. The van der Waals surface area contributed by atoms with Gasteiger partial charge in [-0.15, -0.1) is 0 Å². The van der Waals surface area contributed by atoms with Crippen LogP contribution in [0.3, 0.4) is 0 Å². The van der Waals surface area contributed by atoms with Gasteiger partial charge in [0, 0.05) is 25.3 Å². The summed E-state index contributed by atoms with van der Waals surface area (Å²) in [6.45, 7) is 2.72. The number of aryl methyl sites for hydroxylation is 1. The highest BCUT2D eigenvalue weighted by atomic mass is 32.2. The Kier molecular flexibility index (Phi) is 6.10. The first kappa shape index (κ1) is 18.0. The van der Waals surface area contributed by atoms with Crippen molar-refractivity contribution in [2.24, 2.45) is 0 Å². The summed E-state index contributed by atoms with van der Waals surface area (Å²) < 4.78 is 26.9. The number of nitrogens with one attached hydrogen (secondary N) is 1. The third-order valence-corrected chi connectivity index (χ3v) is 6.03. The fourth-order valence-corrected chi connectivity index (χ4v) is 4.23. The Morgan fingerprint density at radius 2 is 1.48 bits per heavy atom. The van der Waals surface area contributed by atoms with E-state index in [1.54, 1.807) is 0 Å². The van der Waals surface area contributed by atoms with Crippen LogP contribution < -0.4 is 9.62 Å². The number of rotatable bonds is 8. The molecule has 1 fully saturated rings. The Labute approximate surface area is 150 Å². The molecule has 2 aromatic carbocycles. The minimum Gasteiger partial charge on any atom is -0.372 e. The predicted octanol–water partition coefficient (Wildman–Crippen LogP) is 2.99. The van der Waals surface area contributed by atoms with Crippen LogP contribution in [0.25, 0.3) is 0 Å². The van der Waals surface area contributed by atoms with E-state index in [0.29, 0.717) is 19.4 Å². The monoisotopic (exact) mass is 358 g/mol. The lowest BCUT2D eigenvalue weighted by Crippen LogP contribution is -2.29. The highest BCUT2D eigenvalue weighted by Gasteiger charge is 2.12. The van der Waals surface area contributed by atoms with Gasteiger partial charge in [-0.2, -0.15) is 0 Å². The van der Waals surface area contributed by atoms with Crippen LogP contribution in [0.5, 0.6) is 0 Å². The van der Waals surface area contributed by atoms with Crippen molar-refractivity contribution in [2.45, 2.75) is 25.7 Å². The van der Waals surface area contributed by atoms with Gasteiger partial charge >= 0.3 is 0 Å². The number of hydrogen-bond donors (Lipinski definition) is 1. The van der Waals surface area contributed by atoms with E-state index in [1.165, 1.54) is 18.5 Å². The van der Waals surface area contributed by atoms with Crippen molar-refractivity contribution >= 4 is 15.7 Å². The molecule has 1 aliphatic heterocycles. The normalized spacial score (nSPS) is 14.8. The van der Waals surface area contributed by atoms with Gasteiger partial charge in [0.05, 0.1) is 5.75 Å². The first-order chi connectivity index (χ1) is 12.1. The fraction of sp³-hybridized carbons (Fsp3) is 0.400. The summed E-state index contributed by atoms with van der Waals surface area (Å²) in [5.74, 6) is 0.130. The highest BCUT2D eigenvalue weighted by Crippen LogP contribution is 2.20. The molecule has 0 spiro atoms. The molecule has 0 aliphatic carbocycles. The van der Waals surface area contributed by atoms with Crippen molar-refractivity contribution in [3.8, 4) is 0 Å². The van der Waals surface area contributed by atoms with E-state index < -0.39 is 10.0 Å². The first-order valence-corrected chi connectivity index (χ1v) is 10.6. The SMILES string of the molecule is O=S(=O)(CCc1ccccc1)NCCc1ccc(N2CCCC2)cc1. The van der Waals surface area contributed by atoms with Gasteiger partial charge < -0.3 is 4.90 Å². The van der Waals surface area contributed by atoms with Gasteiger partial charge in [0.15, 0.2) is 0 Å². The van der Waals surface area contributed by atoms with Crippen LogP contribution in [-0.2, 0) is 22.9 Å². The van der Waals surface area contributed by atoms with Gasteiger partial charge in [-0.25, -0.2) is 13.1 Å². The lowest BCUT2D eigenvalue weighted by atomic mass is 10.1. The largest absolute Gasteiger partial charge is 0.372 e. The van der Waals surface area contributed by atoms with Crippen LogP contribution in [-0.4, -0.2) is 33.8 Å². The molecule has 0 atom stereocenters. The molecule has 0 saturated carbocycles. The average Bonchev–Trinajstić information content (AvgIpc) is 3.16. The standard InChI is InChI=1S/C20H26N2O2S/c23-25(24,17-13-18-6-2-1-3-7-18)21-14-12-19-8-10-20(11-9-19)22-15-4-5-16-22/h1-3,6-11,21H,4-5,12-17H2. The first-order valence-electron chi connectivity index (χ1n) is 8.97. The Morgan fingerprint density at radius 1 is 0.840 bits per heavy atom. The van der Waals surface area contributed by atoms with Crippen LogP contribution >= 0.6 is 0 Å². The van der Waals surface area contributed by atoms with Gasteiger partial charge in [0.25, 0.3) is 0 Å². The molecule has 1 N–H and O–H groups in total. The Bertz CT molecular complexity index is 752. The fourth-order valence-electron chi connectivity index (χ4n) is 3.17. The van der Waals surface area contributed by atoms with Gasteiger partial charge in [-0.1, -0.05) is 42.5 Å². The molecule has 2 aromatic rings. The maximum absolute atomic E-state index is 12.1. The van der Waals surface area contributed by atoms with Crippen molar-refractivity contribution in [3.05, 3.63) is 65.7 Å². The second-order valence-corrected chi connectivity index (χ2v) is 8.49. The molecule has 1 saturated heterocycles. The third-order valence-electron chi connectivity index (χ3n) is 4.65. The maximum atomic E-state index is 12.1. The highest BCUT2D eigenvalue weighted by molar-refractivity contribution is 7.89. The molecule has 4 nitrogen and oxygen atoms in total. The van der Waals surface area contributed by atoms with Gasteiger partial charge in [0.2, 0.25) is 10.0 Å². The average molecular weight is 359 g/mol. The van der Waals surface area contributed by atoms with E-state index in [0.717, 1.165) is 24.2 Å². The molecule has 1 heterocycles. The van der Waals surface area contributed by atoms with Crippen LogP contribution in [0, 0.1) is 0 Å². The van der Waals surface area contributed by atoms with Crippen molar-refractivity contribution < 1.29 is 8.42 Å². The number of sulfonamides is 1. The van der Waals surface area contributed by atoms with Crippen LogP contribution in [0.2, 0.25) is 0 Å². The number of anilines is 1. The summed E-state index contributed by atoms with van der Waals surface area (Å²) in [5.41, 5.74) is 3.48. The number of hydrogen-bond acceptors (Lipinski definition) is 3. The second-order valence-electron chi connectivity index (χ2n) is 6.56. The van der Waals surface area contributed by atoms with Crippen LogP contribution in [0.15, 0.2) is 54.6 Å². The van der Waals surface area contributed by atoms with Gasteiger partial charge in [-0.3, -0.25) is 0 Å². The smallest absolute Gasteiger partial charge is 0.211 e. The van der Waals surface area contributed by atoms with E-state index in [-0.39, 0.29) is 5.75 Å². The molecule has 25 heavy (non-hydrogen) atoms. The molecular weight excluding hydrogens is 332 g/mol. The molecule has 0 amide bonds. The van der Waals surface area contributed by atoms with E-state index in [1.807, 2.05) is 30.3 Å². The molecular formula is C20H26N2O2S. The zero-order chi connectivity index (χ0) is 17.5. The Hall–Kier alpha value is -1.85. The lowest BCUT2D eigenvalue weighted by Gasteiger charge is -2.17. The lowest BCUT2D eigenvalue weighted by molar-refractivity contribution is 0.581. The minimum absolute atomic E-state index is 0.130. The molecule has 0 radical (unpaired) electrons. The van der Waals surface area contributed by atoms with E-state index in [2.05, 4.69) is 33.9 Å². The summed E-state index contributed by atoms with van der Waals surface area (Å²) in [6, 6.07) is 18.2. The summed E-state index contributed by atoms with van der Waals surface area (Å²) in [5, 5.41) is 0. The van der Waals surface area contributed by atoms with E-state index in [4.69, 9.17) is 0 Å². The summed E-state index contributed by atoms with van der Waals surface area (Å²) in [7, 11) is -3.23. The van der Waals surface area contributed by atoms with E-state index >= 15 is 0 Å². The molecule has 3 rings (SSSR count). The van der Waals surface area contributed by atoms with Crippen molar-refractivity contribution in [1.29, 1.82) is 0 Å². The van der Waals surface area contributed by atoms with Gasteiger partial charge in [-0.05, 0) is 48.9 Å². The molecule has 0 bridgehead atoms. The topological polar surface area (TPSA) is 49.4 Å². The van der Waals surface area contributed by atoms with Crippen LogP contribution in [0.1, 0.15) is 24.0 Å². The molecule has 134 valence electrons. The minimum atomic E-state index is -3.23. The molecule has 5 heteroatoms. The summed E-state index contributed by atoms with van der Waals surface area (Å²) in [4.78, 5) is 2.40. The zero-order valence-electron chi connectivity index (χ0n) is 14.5.